The van der Waals surface area contributed by atoms with Gasteiger partial charge in [0.15, 0.2) is 5.96 Å². The molecule has 0 radical (unpaired) electrons. The van der Waals surface area contributed by atoms with Crippen LogP contribution in [0.2, 0.25) is 0 Å². The molecule has 1 aliphatic rings. The first kappa shape index (κ1) is 17.7. The molecule has 3 N–H and O–H groups in total. The minimum atomic E-state index is -0.214. The Morgan fingerprint density at radius 3 is 2.78 bits per heavy atom. The molecule has 1 amide bonds. The van der Waals surface area contributed by atoms with Gasteiger partial charge in [0.1, 0.15) is 0 Å². The number of thioether (sulfide) groups is 1. The quantitative estimate of drug-likeness (QED) is 0.491. The molecule has 1 aromatic rings. The molecule has 1 heterocycles. The molecule has 1 unspecified atom stereocenters. The minimum Gasteiger partial charge on any atom is -0.370 e. The molecule has 0 bridgehead atoms. The summed E-state index contributed by atoms with van der Waals surface area (Å²) in [6.45, 7) is 2.56. The maximum Gasteiger partial charge on any atom is 0.217 e. The molecule has 1 aromatic carbocycles. The van der Waals surface area contributed by atoms with Crippen LogP contribution in [0.4, 0.5) is 0 Å². The summed E-state index contributed by atoms with van der Waals surface area (Å²) in [6.07, 6.45) is 4.67. The fourth-order valence-corrected chi connectivity index (χ4v) is 3.37. The second kappa shape index (κ2) is 8.82. The lowest BCUT2D eigenvalue weighted by atomic mass is 9.95. The number of amides is 1. The van der Waals surface area contributed by atoms with E-state index in [1.54, 1.807) is 18.8 Å². The maximum absolute atomic E-state index is 11.1. The number of hydrogen-bond donors (Lipinski definition) is 2. The maximum atomic E-state index is 11.1. The number of carbonyl (C=O) groups excluding carboxylic acids is 1. The molecular weight excluding hydrogens is 308 g/mol. The number of hydrogen-bond acceptors (Lipinski definition) is 3. The van der Waals surface area contributed by atoms with E-state index < -0.39 is 0 Å². The van der Waals surface area contributed by atoms with Gasteiger partial charge in [-0.05, 0) is 42.7 Å². The largest absolute Gasteiger partial charge is 0.370 e. The van der Waals surface area contributed by atoms with Crippen LogP contribution in [0.15, 0.2) is 34.2 Å². The van der Waals surface area contributed by atoms with Gasteiger partial charge in [-0.25, -0.2) is 0 Å². The summed E-state index contributed by atoms with van der Waals surface area (Å²) >= 11 is 1.74. The number of primary amides is 1. The summed E-state index contributed by atoms with van der Waals surface area (Å²) in [6, 6.07) is 8.54. The Morgan fingerprint density at radius 2 is 2.17 bits per heavy atom. The normalized spacial score (nSPS) is 18.8. The number of aliphatic imine (C=N–C) groups is 1. The number of nitrogens with zero attached hydrogens (tertiary/aromatic N) is 2. The average Bonchev–Trinajstić information content (AvgIpc) is 2.56. The molecule has 126 valence electrons. The molecule has 23 heavy (non-hydrogen) atoms. The topological polar surface area (TPSA) is 70.7 Å². The SMILES string of the molecule is CN=C(NCc1ccc(SC)cc1)N1CCCC(CC(N)=O)C1. The number of rotatable bonds is 5. The van der Waals surface area contributed by atoms with Crippen LogP contribution >= 0.6 is 11.8 Å². The third kappa shape index (κ3) is 5.46. The lowest BCUT2D eigenvalue weighted by Gasteiger charge is -2.34. The number of benzene rings is 1. The first-order chi connectivity index (χ1) is 11.1. The van der Waals surface area contributed by atoms with E-state index in [1.807, 2.05) is 0 Å². The zero-order valence-electron chi connectivity index (χ0n) is 13.9. The molecule has 5 nitrogen and oxygen atoms in total. The number of nitrogens with one attached hydrogen (secondary N) is 1. The predicted molar refractivity (Wildman–Crippen MR) is 96.5 cm³/mol. The van der Waals surface area contributed by atoms with Crippen LogP contribution in [0.25, 0.3) is 0 Å². The summed E-state index contributed by atoms with van der Waals surface area (Å²) < 4.78 is 0. The Kier molecular flexibility index (Phi) is 6.77. The van der Waals surface area contributed by atoms with Crippen molar-refractivity contribution in [1.29, 1.82) is 0 Å². The van der Waals surface area contributed by atoms with E-state index >= 15 is 0 Å². The van der Waals surface area contributed by atoms with Crippen LogP contribution in [0.5, 0.6) is 0 Å². The first-order valence-corrected chi connectivity index (χ1v) is 9.21. The minimum absolute atomic E-state index is 0.214. The highest BCUT2D eigenvalue weighted by Crippen LogP contribution is 2.19. The van der Waals surface area contributed by atoms with Crippen molar-refractivity contribution in [3.05, 3.63) is 29.8 Å². The van der Waals surface area contributed by atoms with E-state index in [9.17, 15) is 4.79 Å². The van der Waals surface area contributed by atoms with Crippen molar-refractivity contribution < 1.29 is 4.79 Å². The Bertz CT molecular complexity index is 544. The third-order valence-electron chi connectivity index (χ3n) is 4.13. The lowest BCUT2D eigenvalue weighted by Crippen LogP contribution is -2.46. The van der Waals surface area contributed by atoms with Crippen LogP contribution < -0.4 is 11.1 Å². The highest BCUT2D eigenvalue weighted by Gasteiger charge is 2.23. The fraction of sp³-hybridized carbons (Fsp3) is 0.529. The van der Waals surface area contributed by atoms with Crippen LogP contribution in [0.1, 0.15) is 24.8 Å². The third-order valence-corrected chi connectivity index (χ3v) is 4.87. The van der Waals surface area contributed by atoms with Gasteiger partial charge >= 0.3 is 0 Å². The summed E-state index contributed by atoms with van der Waals surface area (Å²) in [5.74, 6) is 1.02. The zero-order valence-corrected chi connectivity index (χ0v) is 14.7. The van der Waals surface area contributed by atoms with Crippen LogP contribution in [-0.2, 0) is 11.3 Å². The monoisotopic (exact) mass is 334 g/mol. The van der Waals surface area contributed by atoms with E-state index in [0.29, 0.717) is 12.3 Å². The highest BCUT2D eigenvalue weighted by molar-refractivity contribution is 7.98. The van der Waals surface area contributed by atoms with Gasteiger partial charge in [0.25, 0.3) is 0 Å². The van der Waals surface area contributed by atoms with Crippen LogP contribution in [0, 0.1) is 5.92 Å². The van der Waals surface area contributed by atoms with E-state index in [1.165, 1.54) is 10.5 Å². The molecule has 0 aromatic heterocycles. The molecule has 1 aliphatic heterocycles. The molecule has 1 fully saturated rings. The highest BCUT2D eigenvalue weighted by atomic mass is 32.2. The zero-order chi connectivity index (χ0) is 16.7. The molecule has 1 saturated heterocycles. The predicted octanol–water partition coefficient (Wildman–Crippen LogP) is 2.07. The number of guanidine groups is 1. The van der Waals surface area contributed by atoms with Crippen molar-refractivity contribution in [3.63, 3.8) is 0 Å². The molecule has 2 rings (SSSR count). The van der Waals surface area contributed by atoms with Gasteiger partial charge in [0, 0.05) is 38.0 Å². The van der Waals surface area contributed by atoms with E-state index in [4.69, 9.17) is 5.73 Å². The molecule has 0 spiro atoms. The van der Waals surface area contributed by atoms with Gasteiger partial charge in [-0.3, -0.25) is 9.79 Å². The second-order valence-corrected chi connectivity index (χ2v) is 6.75. The van der Waals surface area contributed by atoms with E-state index in [2.05, 4.69) is 45.7 Å². The molecule has 6 heteroatoms. The smallest absolute Gasteiger partial charge is 0.217 e. The van der Waals surface area contributed by atoms with Gasteiger partial charge in [0.05, 0.1) is 0 Å². The van der Waals surface area contributed by atoms with E-state index in [-0.39, 0.29) is 5.91 Å². The summed E-state index contributed by atoms with van der Waals surface area (Å²) in [5, 5.41) is 3.42. The number of likely N-dealkylation sites (tertiary alicyclic amines) is 1. The molecular formula is C17H26N4OS. The fourth-order valence-electron chi connectivity index (χ4n) is 2.97. The van der Waals surface area contributed by atoms with E-state index in [0.717, 1.165) is 38.4 Å². The number of carbonyl (C=O) groups is 1. The van der Waals surface area contributed by atoms with Gasteiger partial charge in [-0.15, -0.1) is 11.8 Å². The van der Waals surface area contributed by atoms with Gasteiger partial charge in [-0.1, -0.05) is 12.1 Å². The van der Waals surface area contributed by atoms with Crippen molar-refractivity contribution in [2.24, 2.45) is 16.6 Å². The average molecular weight is 334 g/mol. The second-order valence-electron chi connectivity index (χ2n) is 5.87. The number of piperidine rings is 1. The van der Waals surface area contributed by atoms with Gasteiger partial charge in [0.2, 0.25) is 5.91 Å². The van der Waals surface area contributed by atoms with Crippen molar-refractivity contribution >= 4 is 23.6 Å². The van der Waals surface area contributed by atoms with Crippen molar-refractivity contribution in [3.8, 4) is 0 Å². The number of nitrogens with two attached hydrogens (primary N) is 1. The summed E-state index contributed by atoms with van der Waals surface area (Å²) in [4.78, 5) is 19.0. The Hall–Kier alpha value is -1.69. The Labute approximate surface area is 142 Å². The van der Waals surface area contributed by atoms with Crippen molar-refractivity contribution in [2.75, 3.05) is 26.4 Å². The van der Waals surface area contributed by atoms with Crippen LogP contribution in [0.3, 0.4) is 0 Å². The van der Waals surface area contributed by atoms with Crippen molar-refractivity contribution in [1.82, 2.24) is 10.2 Å². The first-order valence-electron chi connectivity index (χ1n) is 7.99. The summed E-state index contributed by atoms with van der Waals surface area (Å²) in [5.41, 5.74) is 6.56. The molecule has 0 saturated carbocycles. The van der Waals surface area contributed by atoms with Crippen LogP contribution in [-0.4, -0.2) is 43.2 Å². The Morgan fingerprint density at radius 1 is 1.43 bits per heavy atom. The van der Waals surface area contributed by atoms with Gasteiger partial charge in [-0.2, -0.15) is 0 Å². The molecule has 1 atom stereocenters. The van der Waals surface area contributed by atoms with Crippen molar-refractivity contribution in [2.45, 2.75) is 30.7 Å². The lowest BCUT2D eigenvalue weighted by molar-refractivity contribution is -0.119. The Balaban J connectivity index is 1.90. The standard InChI is InChI=1S/C17H26N4OS/c1-19-17(20-11-13-5-7-15(23-2)8-6-13)21-9-3-4-14(12-21)10-16(18)22/h5-8,14H,3-4,9-12H2,1-2H3,(H2,18,22)(H,19,20). The molecule has 0 aliphatic carbocycles. The van der Waals surface area contributed by atoms with Gasteiger partial charge < -0.3 is 16.0 Å². The summed E-state index contributed by atoms with van der Waals surface area (Å²) in [7, 11) is 1.80.